The number of hydrogen-bond acceptors (Lipinski definition) is 3. The predicted octanol–water partition coefficient (Wildman–Crippen LogP) is 4.85. The first kappa shape index (κ1) is 15.6. The molecule has 5 rings (SSSR count). The van der Waals surface area contributed by atoms with Gasteiger partial charge in [-0.1, -0.05) is 30.7 Å². The number of rotatable bonds is 1. The first-order chi connectivity index (χ1) is 12.1. The summed E-state index contributed by atoms with van der Waals surface area (Å²) in [6.07, 6.45) is 4.05. The molecular weight excluding hydrogens is 429 g/mol. The zero-order valence-electron chi connectivity index (χ0n) is 13.7. The van der Waals surface area contributed by atoms with Gasteiger partial charge < -0.3 is 9.47 Å². The molecule has 2 aromatic rings. The van der Waals surface area contributed by atoms with E-state index >= 15 is 0 Å². The SMILES string of the molecule is O=C(Oc1ccccc1)N1CC23CCCCC2(O3)c2ccc(I)cc21. The van der Waals surface area contributed by atoms with Crippen LogP contribution in [0.15, 0.2) is 48.5 Å². The zero-order chi connectivity index (χ0) is 17.1. The normalized spacial score (nSPS) is 29.2. The second kappa shape index (κ2) is 5.45. The topological polar surface area (TPSA) is 42.1 Å². The van der Waals surface area contributed by atoms with Crippen molar-refractivity contribution in [2.75, 3.05) is 11.4 Å². The van der Waals surface area contributed by atoms with Gasteiger partial charge in [-0.2, -0.15) is 0 Å². The van der Waals surface area contributed by atoms with Crippen molar-refractivity contribution in [2.45, 2.75) is 36.9 Å². The van der Waals surface area contributed by atoms with Crippen LogP contribution in [0.1, 0.15) is 31.2 Å². The Labute approximate surface area is 160 Å². The van der Waals surface area contributed by atoms with Gasteiger partial charge in [-0.3, -0.25) is 4.90 Å². The Bertz CT molecular complexity index is 855. The number of nitrogens with zero attached hydrogens (tertiary/aromatic N) is 1. The second-order valence-electron chi connectivity index (χ2n) is 7.06. The van der Waals surface area contributed by atoms with Gasteiger partial charge in [0.25, 0.3) is 0 Å². The summed E-state index contributed by atoms with van der Waals surface area (Å²) in [4.78, 5) is 14.7. The van der Waals surface area contributed by atoms with Crippen molar-refractivity contribution >= 4 is 34.4 Å². The van der Waals surface area contributed by atoms with Crippen LogP contribution in [0.25, 0.3) is 0 Å². The molecule has 128 valence electrons. The highest BCUT2D eigenvalue weighted by atomic mass is 127. The fraction of sp³-hybridized carbons (Fsp3) is 0.350. The Morgan fingerprint density at radius 3 is 2.76 bits per heavy atom. The molecule has 25 heavy (non-hydrogen) atoms. The number of hydrogen-bond donors (Lipinski definition) is 0. The molecule has 0 aromatic heterocycles. The van der Waals surface area contributed by atoms with E-state index in [1.807, 2.05) is 18.2 Å². The summed E-state index contributed by atoms with van der Waals surface area (Å²) in [6.45, 7) is 0.575. The highest BCUT2D eigenvalue weighted by Crippen LogP contribution is 2.68. The Morgan fingerprint density at radius 1 is 1.12 bits per heavy atom. The van der Waals surface area contributed by atoms with Crippen LogP contribution >= 0.6 is 22.6 Å². The summed E-state index contributed by atoms with van der Waals surface area (Å²) in [7, 11) is 0. The lowest BCUT2D eigenvalue weighted by atomic mass is 9.72. The van der Waals surface area contributed by atoms with Gasteiger partial charge in [0.2, 0.25) is 0 Å². The maximum absolute atomic E-state index is 12.9. The molecule has 0 radical (unpaired) electrons. The lowest BCUT2D eigenvalue weighted by molar-refractivity contribution is 0.202. The highest BCUT2D eigenvalue weighted by molar-refractivity contribution is 14.1. The van der Waals surface area contributed by atoms with Crippen LogP contribution in [-0.4, -0.2) is 18.2 Å². The molecule has 1 saturated heterocycles. The quantitative estimate of drug-likeness (QED) is 0.464. The first-order valence-corrected chi connectivity index (χ1v) is 9.76. The third kappa shape index (κ3) is 2.25. The molecule has 2 fully saturated rings. The van der Waals surface area contributed by atoms with Crippen LogP contribution in [0.3, 0.4) is 0 Å². The van der Waals surface area contributed by atoms with Crippen molar-refractivity contribution in [1.82, 2.24) is 0 Å². The summed E-state index contributed by atoms with van der Waals surface area (Å²) < 4.78 is 13.1. The third-order valence-electron chi connectivity index (χ3n) is 5.69. The number of halogens is 1. The van der Waals surface area contributed by atoms with E-state index in [1.165, 1.54) is 6.42 Å². The van der Waals surface area contributed by atoms with Gasteiger partial charge in [-0.05, 0) is 66.1 Å². The van der Waals surface area contributed by atoms with Crippen molar-refractivity contribution in [3.8, 4) is 5.75 Å². The third-order valence-corrected chi connectivity index (χ3v) is 6.36. The number of epoxide rings is 1. The van der Waals surface area contributed by atoms with Crippen LogP contribution in [-0.2, 0) is 10.3 Å². The number of carbonyl (C=O) groups is 1. The summed E-state index contributed by atoms with van der Waals surface area (Å²) in [6, 6.07) is 15.5. The fourth-order valence-electron chi connectivity index (χ4n) is 4.52. The van der Waals surface area contributed by atoms with Crippen LogP contribution in [0.2, 0.25) is 0 Å². The van der Waals surface area contributed by atoms with Crippen LogP contribution in [0.5, 0.6) is 5.75 Å². The number of ether oxygens (including phenoxy) is 2. The monoisotopic (exact) mass is 447 g/mol. The fourth-order valence-corrected chi connectivity index (χ4v) is 4.99. The van der Waals surface area contributed by atoms with E-state index < -0.39 is 0 Å². The van der Waals surface area contributed by atoms with Gasteiger partial charge in [0.1, 0.15) is 17.0 Å². The molecule has 0 spiro atoms. The van der Waals surface area contributed by atoms with E-state index in [1.54, 1.807) is 17.0 Å². The Balaban J connectivity index is 1.54. The summed E-state index contributed by atoms with van der Waals surface area (Å²) >= 11 is 2.29. The van der Waals surface area contributed by atoms with E-state index in [4.69, 9.17) is 9.47 Å². The highest BCUT2D eigenvalue weighted by Gasteiger charge is 2.74. The number of fused-ring (bicyclic) bond motifs is 1. The molecule has 2 atom stereocenters. The number of anilines is 1. The molecule has 0 N–H and O–H groups in total. The number of carbonyl (C=O) groups excluding carboxylic acids is 1. The van der Waals surface area contributed by atoms with Crippen molar-refractivity contribution in [1.29, 1.82) is 0 Å². The maximum atomic E-state index is 12.9. The average Bonchev–Trinajstić information content (AvgIpc) is 3.32. The molecule has 1 saturated carbocycles. The lowest BCUT2D eigenvalue weighted by Crippen LogP contribution is -2.49. The number of benzene rings is 2. The second-order valence-corrected chi connectivity index (χ2v) is 8.30. The van der Waals surface area contributed by atoms with Crippen LogP contribution in [0, 0.1) is 3.57 Å². The minimum Gasteiger partial charge on any atom is -0.410 e. The van der Waals surface area contributed by atoms with Gasteiger partial charge in [-0.15, -0.1) is 0 Å². The molecule has 2 aliphatic heterocycles. The van der Waals surface area contributed by atoms with Crippen molar-refractivity contribution in [3.05, 3.63) is 57.7 Å². The number of amides is 1. The van der Waals surface area contributed by atoms with Gasteiger partial charge in [0.15, 0.2) is 0 Å². The van der Waals surface area contributed by atoms with Crippen molar-refractivity contribution in [3.63, 3.8) is 0 Å². The molecule has 2 unspecified atom stereocenters. The minimum absolute atomic E-state index is 0.186. The van der Waals surface area contributed by atoms with Gasteiger partial charge in [-0.25, -0.2) is 4.79 Å². The van der Waals surface area contributed by atoms with Crippen LogP contribution in [0.4, 0.5) is 10.5 Å². The van der Waals surface area contributed by atoms with Crippen molar-refractivity contribution in [2.24, 2.45) is 0 Å². The molecule has 2 heterocycles. The minimum atomic E-state index is -0.335. The van der Waals surface area contributed by atoms with E-state index in [2.05, 4.69) is 40.8 Å². The smallest absolute Gasteiger partial charge is 0.410 e. The van der Waals surface area contributed by atoms with Gasteiger partial charge in [0, 0.05) is 9.13 Å². The standard InChI is InChI=1S/C20H18INO3/c21-14-8-9-16-17(12-14)22(18(23)24-15-6-2-1-3-7-15)13-19-10-4-5-11-20(16,19)25-19/h1-3,6-9,12H,4-5,10-11,13H2. The lowest BCUT2D eigenvalue weighted by Gasteiger charge is -2.37. The molecule has 1 amide bonds. The predicted molar refractivity (Wildman–Crippen MR) is 103 cm³/mol. The van der Waals surface area contributed by atoms with E-state index in [0.717, 1.165) is 34.1 Å². The molecule has 0 bridgehead atoms. The Morgan fingerprint density at radius 2 is 1.92 bits per heavy atom. The molecule has 3 aliphatic rings. The molecular formula is C20H18INO3. The zero-order valence-corrected chi connectivity index (χ0v) is 15.9. The summed E-state index contributed by atoms with van der Waals surface area (Å²) in [5.74, 6) is 0.564. The summed E-state index contributed by atoms with van der Waals surface area (Å²) in [5.41, 5.74) is 1.67. The number of para-hydroxylation sites is 1. The van der Waals surface area contributed by atoms with E-state index in [9.17, 15) is 4.79 Å². The molecule has 5 heteroatoms. The van der Waals surface area contributed by atoms with Crippen LogP contribution < -0.4 is 9.64 Å². The first-order valence-electron chi connectivity index (χ1n) is 8.68. The van der Waals surface area contributed by atoms with E-state index in [-0.39, 0.29) is 17.3 Å². The summed E-state index contributed by atoms with van der Waals surface area (Å²) in [5, 5.41) is 0. The maximum Gasteiger partial charge on any atom is 0.419 e. The average molecular weight is 447 g/mol. The van der Waals surface area contributed by atoms with Crippen molar-refractivity contribution < 1.29 is 14.3 Å². The molecule has 2 aromatic carbocycles. The molecule has 4 nitrogen and oxygen atoms in total. The molecule has 1 aliphatic carbocycles. The van der Waals surface area contributed by atoms with Gasteiger partial charge >= 0.3 is 6.09 Å². The Kier molecular flexibility index (Phi) is 3.41. The largest absolute Gasteiger partial charge is 0.419 e. The van der Waals surface area contributed by atoms with E-state index in [0.29, 0.717) is 12.3 Å². The van der Waals surface area contributed by atoms with Gasteiger partial charge in [0.05, 0.1) is 12.2 Å². The Hall–Kier alpha value is -1.60.